The zero-order valence-electron chi connectivity index (χ0n) is 12.5. The van der Waals surface area contributed by atoms with Crippen molar-refractivity contribution in [3.8, 4) is 0 Å². The molecule has 2 N–H and O–H groups in total. The third kappa shape index (κ3) is 3.37. The molecule has 0 radical (unpaired) electrons. The Bertz CT molecular complexity index is 419. The van der Waals surface area contributed by atoms with Gasteiger partial charge in [-0.3, -0.25) is 0 Å². The summed E-state index contributed by atoms with van der Waals surface area (Å²) >= 11 is 0. The van der Waals surface area contributed by atoms with Gasteiger partial charge in [0.15, 0.2) is 0 Å². The highest BCUT2D eigenvalue weighted by atomic mass is 15.1. The van der Waals surface area contributed by atoms with Gasteiger partial charge in [-0.25, -0.2) is 4.98 Å². The fraction of sp³-hybridized carbons (Fsp3) is 0.733. The van der Waals surface area contributed by atoms with E-state index in [1.54, 1.807) is 0 Å². The van der Waals surface area contributed by atoms with Crippen molar-refractivity contribution in [2.75, 3.05) is 17.2 Å². The maximum absolute atomic E-state index is 4.58. The van der Waals surface area contributed by atoms with Crippen LogP contribution in [0.25, 0.3) is 0 Å². The minimum atomic E-state index is 0.534. The van der Waals surface area contributed by atoms with Gasteiger partial charge in [0.25, 0.3) is 0 Å². The molecule has 4 heteroatoms. The van der Waals surface area contributed by atoms with Crippen molar-refractivity contribution < 1.29 is 0 Å². The zero-order valence-corrected chi connectivity index (χ0v) is 12.5. The van der Waals surface area contributed by atoms with Crippen LogP contribution in [-0.2, 0) is 0 Å². The molecule has 0 aromatic carbocycles. The fourth-order valence-corrected chi connectivity index (χ4v) is 2.79. The minimum Gasteiger partial charge on any atom is -0.367 e. The Hall–Kier alpha value is -1.32. The van der Waals surface area contributed by atoms with Gasteiger partial charge in [0.05, 0.1) is 0 Å². The smallest absolute Gasteiger partial charge is 0.224 e. The molecule has 1 heterocycles. The Morgan fingerprint density at radius 3 is 2.84 bits per heavy atom. The largest absolute Gasteiger partial charge is 0.367 e. The van der Waals surface area contributed by atoms with Gasteiger partial charge in [-0.2, -0.15) is 4.98 Å². The second-order valence-corrected chi connectivity index (χ2v) is 5.77. The van der Waals surface area contributed by atoms with Crippen molar-refractivity contribution >= 4 is 11.8 Å². The van der Waals surface area contributed by atoms with Crippen molar-refractivity contribution in [1.82, 2.24) is 9.97 Å². The van der Waals surface area contributed by atoms with Gasteiger partial charge in [0.2, 0.25) is 5.95 Å². The van der Waals surface area contributed by atoms with E-state index in [2.05, 4.69) is 48.3 Å². The SMILES string of the molecule is CCNc1ncc(C)c(NC2CCCC(C)C2C)n1. The molecule has 106 valence electrons. The van der Waals surface area contributed by atoms with Crippen molar-refractivity contribution in [1.29, 1.82) is 0 Å². The summed E-state index contributed by atoms with van der Waals surface area (Å²) < 4.78 is 0. The van der Waals surface area contributed by atoms with Crippen LogP contribution in [0.5, 0.6) is 0 Å². The molecular weight excluding hydrogens is 236 g/mol. The number of hydrogen-bond donors (Lipinski definition) is 2. The van der Waals surface area contributed by atoms with Crippen LogP contribution in [0.3, 0.4) is 0 Å². The second kappa shape index (κ2) is 6.22. The minimum absolute atomic E-state index is 0.534. The zero-order chi connectivity index (χ0) is 13.8. The summed E-state index contributed by atoms with van der Waals surface area (Å²) in [6.07, 6.45) is 5.80. The lowest BCUT2D eigenvalue weighted by Gasteiger charge is -2.35. The molecule has 0 aliphatic heterocycles. The number of hydrogen-bond acceptors (Lipinski definition) is 4. The number of aromatic nitrogens is 2. The summed E-state index contributed by atoms with van der Waals surface area (Å²) in [4.78, 5) is 8.88. The van der Waals surface area contributed by atoms with Crippen molar-refractivity contribution in [3.05, 3.63) is 11.8 Å². The Balaban J connectivity index is 2.11. The van der Waals surface area contributed by atoms with Crippen molar-refractivity contribution in [2.45, 2.75) is 53.0 Å². The predicted octanol–water partition coefficient (Wildman–Crippen LogP) is 3.45. The van der Waals surface area contributed by atoms with Gasteiger partial charge < -0.3 is 10.6 Å². The average Bonchev–Trinajstić information content (AvgIpc) is 2.39. The number of nitrogens with zero attached hydrogens (tertiary/aromatic N) is 2. The van der Waals surface area contributed by atoms with Crippen LogP contribution >= 0.6 is 0 Å². The third-order valence-electron chi connectivity index (χ3n) is 4.34. The van der Waals surface area contributed by atoms with E-state index in [9.17, 15) is 0 Å². The quantitative estimate of drug-likeness (QED) is 0.872. The lowest BCUT2D eigenvalue weighted by atomic mass is 9.78. The molecule has 0 bridgehead atoms. The summed E-state index contributed by atoms with van der Waals surface area (Å²) in [5, 5.41) is 6.81. The van der Waals surface area contributed by atoms with E-state index in [1.807, 2.05) is 6.20 Å². The van der Waals surface area contributed by atoms with E-state index in [0.29, 0.717) is 17.9 Å². The molecule has 1 aromatic heterocycles. The second-order valence-electron chi connectivity index (χ2n) is 5.77. The molecule has 1 fully saturated rings. The van der Waals surface area contributed by atoms with Crippen LogP contribution in [0.15, 0.2) is 6.20 Å². The molecule has 2 rings (SSSR count). The molecule has 0 amide bonds. The molecule has 1 aromatic rings. The normalized spacial score (nSPS) is 27.1. The fourth-order valence-electron chi connectivity index (χ4n) is 2.79. The van der Waals surface area contributed by atoms with E-state index in [4.69, 9.17) is 0 Å². The molecule has 1 aliphatic rings. The number of nitrogens with one attached hydrogen (secondary N) is 2. The molecule has 1 saturated carbocycles. The highest BCUT2D eigenvalue weighted by Gasteiger charge is 2.27. The summed E-state index contributed by atoms with van der Waals surface area (Å²) in [7, 11) is 0. The Kier molecular flexibility index (Phi) is 4.61. The maximum Gasteiger partial charge on any atom is 0.224 e. The van der Waals surface area contributed by atoms with Crippen LogP contribution in [0.4, 0.5) is 11.8 Å². The van der Waals surface area contributed by atoms with E-state index >= 15 is 0 Å². The monoisotopic (exact) mass is 262 g/mol. The summed E-state index contributed by atoms with van der Waals surface area (Å²) in [6, 6.07) is 0.534. The number of rotatable bonds is 4. The first kappa shape index (κ1) is 14.1. The van der Waals surface area contributed by atoms with Crippen LogP contribution in [0.1, 0.15) is 45.6 Å². The van der Waals surface area contributed by atoms with Crippen LogP contribution < -0.4 is 10.6 Å². The van der Waals surface area contributed by atoms with Gasteiger partial charge in [-0.15, -0.1) is 0 Å². The van der Waals surface area contributed by atoms with Gasteiger partial charge in [-0.1, -0.05) is 26.7 Å². The van der Waals surface area contributed by atoms with Gasteiger partial charge in [0.1, 0.15) is 5.82 Å². The molecule has 1 aliphatic carbocycles. The van der Waals surface area contributed by atoms with E-state index in [0.717, 1.165) is 23.8 Å². The summed E-state index contributed by atoms with van der Waals surface area (Å²) in [5.41, 5.74) is 1.12. The highest BCUT2D eigenvalue weighted by Crippen LogP contribution is 2.31. The van der Waals surface area contributed by atoms with E-state index in [1.165, 1.54) is 19.3 Å². The first-order valence-corrected chi connectivity index (χ1v) is 7.45. The lowest BCUT2D eigenvalue weighted by molar-refractivity contribution is 0.253. The molecule has 4 nitrogen and oxygen atoms in total. The Morgan fingerprint density at radius 2 is 2.11 bits per heavy atom. The molecule has 0 saturated heterocycles. The highest BCUT2D eigenvalue weighted by molar-refractivity contribution is 5.47. The van der Waals surface area contributed by atoms with Gasteiger partial charge in [-0.05, 0) is 32.1 Å². The summed E-state index contributed by atoms with van der Waals surface area (Å²) in [6.45, 7) is 9.67. The van der Waals surface area contributed by atoms with E-state index < -0.39 is 0 Å². The van der Waals surface area contributed by atoms with Gasteiger partial charge in [0, 0.05) is 24.3 Å². The first-order valence-electron chi connectivity index (χ1n) is 7.45. The third-order valence-corrected chi connectivity index (χ3v) is 4.34. The molecular formula is C15H26N4. The molecule has 19 heavy (non-hydrogen) atoms. The Labute approximate surface area is 116 Å². The molecule has 3 unspecified atom stereocenters. The van der Waals surface area contributed by atoms with Crippen molar-refractivity contribution in [2.24, 2.45) is 11.8 Å². The summed E-state index contributed by atoms with van der Waals surface area (Å²) in [5.74, 6) is 3.19. The van der Waals surface area contributed by atoms with Crippen LogP contribution in [-0.4, -0.2) is 22.6 Å². The standard InChI is InChI=1S/C15H26N4/c1-5-16-15-17-9-11(3)14(19-15)18-13-8-6-7-10(2)12(13)4/h9-10,12-13H,5-8H2,1-4H3,(H2,16,17,18,19). The van der Waals surface area contributed by atoms with Crippen LogP contribution in [0.2, 0.25) is 0 Å². The number of anilines is 2. The topological polar surface area (TPSA) is 49.8 Å². The van der Waals surface area contributed by atoms with E-state index in [-0.39, 0.29) is 0 Å². The van der Waals surface area contributed by atoms with Gasteiger partial charge >= 0.3 is 0 Å². The lowest BCUT2D eigenvalue weighted by Crippen LogP contribution is -2.35. The van der Waals surface area contributed by atoms with Crippen LogP contribution in [0, 0.1) is 18.8 Å². The first-order chi connectivity index (χ1) is 9.11. The van der Waals surface area contributed by atoms with Crippen molar-refractivity contribution in [3.63, 3.8) is 0 Å². The Morgan fingerprint density at radius 1 is 1.32 bits per heavy atom. The molecule has 0 spiro atoms. The number of aryl methyl sites for hydroxylation is 1. The maximum atomic E-state index is 4.58. The predicted molar refractivity (Wildman–Crippen MR) is 80.5 cm³/mol. The molecule has 3 atom stereocenters. The average molecular weight is 262 g/mol.